The second-order valence-electron chi connectivity index (χ2n) is 6.63. The van der Waals surface area contributed by atoms with E-state index in [1.54, 1.807) is 16.9 Å². The summed E-state index contributed by atoms with van der Waals surface area (Å²) in [6, 6.07) is 13.1. The van der Waals surface area contributed by atoms with Crippen molar-refractivity contribution < 1.29 is 4.39 Å². The number of anilines is 1. The van der Waals surface area contributed by atoms with Gasteiger partial charge in [0.15, 0.2) is 5.82 Å². The summed E-state index contributed by atoms with van der Waals surface area (Å²) in [5.41, 5.74) is 11.0. The zero-order valence-electron chi connectivity index (χ0n) is 14.6. The Morgan fingerprint density at radius 2 is 1.96 bits per heavy atom. The summed E-state index contributed by atoms with van der Waals surface area (Å²) in [6.45, 7) is 1.91. The number of nitrogen functional groups attached to an aromatic ring is 1. The van der Waals surface area contributed by atoms with Gasteiger partial charge in [-0.15, -0.1) is 0 Å². The van der Waals surface area contributed by atoms with Crippen LogP contribution < -0.4 is 5.73 Å². The highest BCUT2D eigenvalue weighted by molar-refractivity contribution is 5.81. The molecule has 134 valence electrons. The van der Waals surface area contributed by atoms with Crippen molar-refractivity contribution in [2.75, 3.05) is 5.73 Å². The van der Waals surface area contributed by atoms with Gasteiger partial charge in [0.2, 0.25) is 0 Å². The Morgan fingerprint density at radius 1 is 1.11 bits per heavy atom. The van der Waals surface area contributed by atoms with E-state index < -0.39 is 0 Å². The van der Waals surface area contributed by atoms with Crippen LogP contribution in [0.15, 0.2) is 48.7 Å². The van der Waals surface area contributed by atoms with Gasteiger partial charge in [0.05, 0.1) is 28.6 Å². The highest BCUT2D eigenvalue weighted by atomic mass is 19.1. The van der Waals surface area contributed by atoms with Gasteiger partial charge in [0.25, 0.3) is 0 Å². The second-order valence-corrected chi connectivity index (χ2v) is 6.63. The highest BCUT2D eigenvalue weighted by Crippen LogP contribution is 2.26. The summed E-state index contributed by atoms with van der Waals surface area (Å²) >= 11 is 0. The fourth-order valence-corrected chi connectivity index (χ4v) is 3.46. The van der Waals surface area contributed by atoms with Crippen molar-refractivity contribution in [3.8, 4) is 5.69 Å². The summed E-state index contributed by atoms with van der Waals surface area (Å²) in [7, 11) is 0. The number of hydrogen-bond acceptors (Lipinski definition) is 3. The molecule has 0 atom stereocenters. The molecule has 5 rings (SSSR count). The molecular weight excluding hydrogens is 343 g/mol. The normalized spacial score (nSPS) is 11.6. The topological polar surface area (TPSA) is 88.3 Å². The number of fused-ring (bicyclic) bond motifs is 2. The van der Waals surface area contributed by atoms with Crippen molar-refractivity contribution in [3.63, 3.8) is 0 Å². The first-order valence-corrected chi connectivity index (χ1v) is 8.64. The largest absolute Gasteiger partial charge is 0.383 e. The van der Waals surface area contributed by atoms with E-state index in [0.29, 0.717) is 23.3 Å². The monoisotopic (exact) mass is 360 g/mol. The molecule has 0 amide bonds. The van der Waals surface area contributed by atoms with Crippen LogP contribution in [0.4, 0.5) is 10.2 Å². The SMILES string of the molecule is Cc1nc2cc(-n3ncc(Cc4[nH]c5ccccc5c4F)c3N)ccc2[nH]1. The molecule has 0 saturated carbocycles. The molecule has 0 radical (unpaired) electrons. The average Bonchev–Trinajstić information content (AvgIpc) is 3.31. The van der Waals surface area contributed by atoms with Crippen LogP contribution in [0.1, 0.15) is 17.1 Å². The van der Waals surface area contributed by atoms with Gasteiger partial charge in [0, 0.05) is 22.9 Å². The lowest BCUT2D eigenvalue weighted by molar-refractivity contribution is 0.624. The van der Waals surface area contributed by atoms with E-state index in [9.17, 15) is 4.39 Å². The van der Waals surface area contributed by atoms with E-state index in [4.69, 9.17) is 5.73 Å². The van der Waals surface area contributed by atoms with Gasteiger partial charge >= 0.3 is 0 Å². The first kappa shape index (κ1) is 15.6. The number of imidazole rings is 1. The number of aromatic amines is 2. The third kappa shape index (κ3) is 2.47. The minimum absolute atomic E-state index is 0.244. The van der Waals surface area contributed by atoms with E-state index in [1.807, 2.05) is 43.3 Å². The summed E-state index contributed by atoms with van der Waals surface area (Å²) in [5.74, 6) is 1.09. The fraction of sp³-hybridized carbons (Fsp3) is 0.100. The number of nitrogens with zero attached hydrogens (tertiary/aromatic N) is 3. The van der Waals surface area contributed by atoms with Crippen LogP contribution in [-0.2, 0) is 6.42 Å². The van der Waals surface area contributed by atoms with Crippen LogP contribution in [0.2, 0.25) is 0 Å². The molecule has 0 aliphatic heterocycles. The molecule has 0 spiro atoms. The van der Waals surface area contributed by atoms with Crippen molar-refractivity contribution in [1.82, 2.24) is 24.7 Å². The Hall–Kier alpha value is -3.61. The summed E-state index contributed by atoms with van der Waals surface area (Å²) in [5, 5.41) is 4.98. The lowest BCUT2D eigenvalue weighted by Gasteiger charge is -2.05. The molecule has 3 heterocycles. The van der Waals surface area contributed by atoms with Gasteiger partial charge in [-0.25, -0.2) is 14.1 Å². The van der Waals surface area contributed by atoms with E-state index in [-0.39, 0.29) is 5.82 Å². The van der Waals surface area contributed by atoms with Crippen LogP contribution in [0.25, 0.3) is 27.6 Å². The molecular formula is C20H17FN6. The minimum atomic E-state index is -0.244. The molecule has 7 heteroatoms. The molecule has 0 aliphatic rings. The van der Waals surface area contributed by atoms with Crippen molar-refractivity contribution >= 4 is 27.8 Å². The predicted octanol–water partition coefficient (Wildman–Crippen LogP) is 3.85. The number of rotatable bonds is 3. The first-order valence-electron chi connectivity index (χ1n) is 8.64. The molecule has 27 heavy (non-hydrogen) atoms. The molecule has 3 aromatic heterocycles. The lowest BCUT2D eigenvalue weighted by Crippen LogP contribution is -2.03. The molecule has 0 fully saturated rings. The molecule has 0 bridgehead atoms. The maximum Gasteiger partial charge on any atom is 0.152 e. The summed E-state index contributed by atoms with van der Waals surface area (Å²) < 4.78 is 16.3. The van der Waals surface area contributed by atoms with Gasteiger partial charge in [-0.1, -0.05) is 12.1 Å². The Labute approximate surface area is 153 Å². The number of halogens is 1. The van der Waals surface area contributed by atoms with Crippen LogP contribution in [0.5, 0.6) is 0 Å². The fourth-order valence-electron chi connectivity index (χ4n) is 3.46. The van der Waals surface area contributed by atoms with Crippen LogP contribution in [-0.4, -0.2) is 24.7 Å². The molecule has 0 saturated heterocycles. The zero-order chi connectivity index (χ0) is 18.5. The van der Waals surface area contributed by atoms with E-state index in [2.05, 4.69) is 20.1 Å². The van der Waals surface area contributed by atoms with Crippen molar-refractivity contribution in [1.29, 1.82) is 0 Å². The maximum absolute atomic E-state index is 14.6. The number of hydrogen-bond donors (Lipinski definition) is 3. The van der Waals surface area contributed by atoms with Gasteiger partial charge in [-0.3, -0.25) is 0 Å². The smallest absolute Gasteiger partial charge is 0.152 e. The molecule has 4 N–H and O–H groups in total. The average molecular weight is 360 g/mol. The number of para-hydroxylation sites is 1. The molecule has 0 unspecified atom stereocenters. The number of nitrogens with one attached hydrogen (secondary N) is 2. The van der Waals surface area contributed by atoms with Crippen molar-refractivity contribution in [2.24, 2.45) is 0 Å². The molecule has 2 aromatic carbocycles. The van der Waals surface area contributed by atoms with Crippen molar-refractivity contribution in [3.05, 3.63) is 71.6 Å². The minimum Gasteiger partial charge on any atom is -0.383 e. The first-order chi connectivity index (χ1) is 13.1. The van der Waals surface area contributed by atoms with E-state index in [1.165, 1.54) is 0 Å². The summed E-state index contributed by atoms with van der Waals surface area (Å²) in [4.78, 5) is 10.8. The Kier molecular flexibility index (Phi) is 3.30. The Morgan fingerprint density at radius 3 is 2.81 bits per heavy atom. The number of aromatic nitrogens is 5. The Balaban J connectivity index is 1.53. The van der Waals surface area contributed by atoms with Gasteiger partial charge in [-0.05, 0) is 37.3 Å². The standard InChI is InChI=1S/C20H17FN6/c1-11-24-16-7-6-13(9-17(16)25-11)27-20(22)12(10-23-27)8-18-19(21)14-4-2-3-5-15(14)26-18/h2-7,9-10,26H,8,22H2,1H3,(H,24,25). The van der Waals surface area contributed by atoms with Crippen LogP contribution in [0, 0.1) is 12.7 Å². The predicted molar refractivity (Wildman–Crippen MR) is 103 cm³/mol. The second kappa shape index (κ2) is 5.70. The van der Waals surface area contributed by atoms with Crippen LogP contribution in [0.3, 0.4) is 0 Å². The van der Waals surface area contributed by atoms with Gasteiger partial charge in [0.1, 0.15) is 11.6 Å². The van der Waals surface area contributed by atoms with Crippen LogP contribution >= 0.6 is 0 Å². The van der Waals surface area contributed by atoms with E-state index >= 15 is 0 Å². The molecule has 0 aliphatic carbocycles. The number of aryl methyl sites for hydroxylation is 1. The quantitative estimate of drug-likeness (QED) is 0.457. The molecule has 6 nitrogen and oxygen atoms in total. The molecule has 5 aromatic rings. The third-order valence-corrected chi connectivity index (χ3v) is 4.80. The number of nitrogens with two attached hydrogens (primary N) is 1. The zero-order valence-corrected chi connectivity index (χ0v) is 14.6. The maximum atomic E-state index is 14.6. The summed E-state index contributed by atoms with van der Waals surface area (Å²) in [6.07, 6.45) is 2.02. The number of benzene rings is 2. The Bertz CT molecular complexity index is 1290. The van der Waals surface area contributed by atoms with Gasteiger partial charge < -0.3 is 15.7 Å². The highest BCUT2D eigenvalue weighted by Gasteiger charge is 2.16. The van der Waals surface area contributed by atoms with E-state index in [0.717, 1.165) is 33.6 Å². The lowest BCUT2D eigenvalue weighted by atomic mass is 10.1. The van der Waals surface area contributed by atoms with Gasteiger partial charge in [-0.2, -0.15) is 5.10 Å². The van der Waals surface area contributed by atoms with Crippen molar-refractivity contribution in [2.45, 2.75) is 13.3 Å². The number of H-pyrrole nitrogens is 2. The third-order valence-electron chi connectivity index (χ3n) is 4.80.